The van der Waals surface area contributed by atoms with Gasteiger partial charge in [0.1, 0.15) is 0 Å². The zero-order valence-electron chi connectivity index (χ0n) is 31.2. The van der Waals surface area contributed by atoms with Crippen molar-refractivity contribution < 1.29 is 0 Å². The van der Waals surface area contributed by atoms with Gasteiger partial charge in [-0.25, -0.2) is 0 Å². The van der Waals surface area contributed by atoms with Gasteiger partial charge in [0.2, 0.25) is 0 Å². The molecule has 0 heterocycles. The molecular formula is C54H40N2. The maximum absolute atomic E-state index is 8.95. The lowest BCUT2D eigenvalue weighted by atomic mass is 10.1. The molecule has 0 unspecified atom stereocenters. The van der Waals surface area contributed by atoms with Crippen molar-refractivity contribution in [3.05, 3.63) is 212 Å². The van der Waals surface area contributed by atoms with Crippen LogP contribution in [0, 0.1) is 46.3 Å². The second kappa shape index (κ2) is 20.6. The van der Waals surface area contributed by atoms with Gasteiger partial charge in [-0.1, -0.05) is 169 Å². The molecule has 0 fully saturated rings. The molecule has 0 aliphatic carbocycles. The highest BCUT2D eigenvalue weighted by atomic mass is 14.2. The van der Waals surface area contributed by atoms with Crippen LogP contribution in [-0.2, 0) is 0 Å². The zero-order chi connectivity index (χ0) is 38.6. The van der Waals surface area contributed by atoms with Crippen molar-refractivity contribution in [2.45, 2.75) is 25.7 Å². The Labute approximate surface area is 331 Å². The largest absolute Gasteiger partial charge is 0.192 e. The minimum Gasteiger partial charge on any atom is -0.192 e. The van der Waals surface area contributed by atoms with Crippen LogP contribution in [0.25, 0.3) is 48.6 Å². The van der Waals surface area contributed by atoms with Crippen molar-refractivity contribution in [2.24, 2.45) is 0 Å². The summed E-state index contributed by atoms with van der Waals surface area (Å²) in [5.41, 5.74) is 12.3. The Balaban J connectivity index is 0.870. The van der Waals surface area contributed by atoms with E-state index in [1.807, 2.05) is 48.5 Å². The van der Waals surface area contributed by atoms with Gasteiger partial charge in [-0.15, -0.1) is 0 Å². The fourth-order valence-electron chi connectivity index (χ4n) is 5.65. The van der Waals surface area contributed by atoms with E-state index in [0.29, 0.717) is 11.1 Å². The van der Waals surface area contributed by atoms with Crippen LogP contribution in [0.2, 0.25) is 0 Å². The van der Waals surface area contributed by atoms with E-state index in [0.717, 1.165) is 81.3 Å². The maximum atomic E-state index is 8.95. The van der Waals surface area contributed by atoms with E-state index in [1.165, 1.54) is 0 Å². The molecule has 56 heavy (non-hydrogen) atoms. The molecule has 2 heteroatoms. The highest BCUT2D eigenvalue weighted by molar-refractivity contribution is 5.75. The lowest BCUT2D eigenvalue weighted by Crippen LogP contribution is -1.79. The molecule has 2 nitrogen and oxygen atoms in total. The van der Waals surface area contributed by atoms with Gasteiger partial charge in [-0.2, -0.15) is 10.5 Å². The van der Waals surface area contributed by atoms with Crippen LogP contribution >= 0.6 is 0 Å². The number of benzene rings is 6. The number of hydrogen-bond acceptors (Lipinski definition) is 2. The highest BCUT2D eigenvalue weighted by Crippen LogP contribution is 2.16. The van der Waals surface area contributed by atoms with Crippen molar-refractivity contribution in [1.29, 1.82) is 10.5 Å². The third kappa shape index (κ3) is 12.5. The van der Waals surface area contributed by atoms with Crippen molar-refractivity contribution in [1.82, 2.24) is 0 Å². The summed E-state index contributed by atoms with van der Waals surface area (Å²) in [6.07, 6.45) is 20.5. The van der Waals surface area contributed by atoms with E-state index < -0.39 is 0 Å². The molecule has 0 atom stereocenters. The van der Waals surface area contributed by atoms with E-state index in [-0.39, 0.29) is 0 Å². The SMILES string of the molecule is N#Cc1ccc(/C=C/c2ccc(/C=C/c3ccc(C#CCCCCC#Cc4ccc(/C=C/c5ccc(/C=C/c6ccc(C#N)cc6)cc5)cc4)cc3)cc2)cc1. The minimum atomic E-state index is 0.668. The Kier molecular flexibility index (Phi) is 14.0. The molecule has 0 N–H and O–H groups in total. The molecule has 0 amide bonds. The van der Waals surface area contributed by atoms with Crippen LogP contribution in [0.15, 0.2) is 146 Å². The first-order chi connectivity index (χ1) is 27.6. The third-order valence-corrected chi connectivity index (χ3v) is 8.97. The Bertz CT molecular complexity index is 2340. The van der Waals surface area contributed by atoms with Gasteiger partial charge in [-0.3, -0.25) is 0 Å². The average Bonchev–Trinajstić information content (AvgIpc) is 3.26. The first-order valence-corrected chi connectivity index (χ1v) is 18.7. The van der Waals surface area contributed by atoms with Crippen molar-refractivity contribution in [3.8, 4) is 35.8 Å². The van der Waals surface area contributed by atoms with Crippen molar-refractivity contribution in [3.63, 3.8) is 0 Å². The summed E-state index contributed by atoms with van der Waals surface area (Å²) in [6.45, 7) is 0. The molecule has 0 saturated heterocycles. The Hall–Kier alpha value is -7.62. The molecule has 0 aliphatic rings. The molecule has 6 aromatic carbocycles. The van der Waals surface area contributed by atoms with Crippen LogP contribution in [0.4, 0.5) is 0 Å². The standard InChI is InChI=1S/C54H40N2/c55-41-53-37-33-51(34-38-53)31-29-49-25-21-47(22-26-49)19-17-45-13-9-43(10-14-45)7-5-3-1-2-4-6-8-44-11-15-46(16-12-44)18-20-48-23-27-50(28-24-48)30-32-52-35-39-54(42-56)40-36-52/h9-40H,1-4H2/b19-17+,20-18+,31-29+,32-30+. The lowest BCUT2D eigenvalue weighted by molar-refractivity contribution is 0.782. The molecule has 0 spiro atoms. The number of nitrogens with zero attached hydrogens (tertiary/aromatic N) is 2. The number of hydrogen-bond donors (Lipinski definition) is 0. The van der Waals surface area contributed by atoms with Crippen molar-refractivity contribution >= 4 is 48.6 Å². The number of unbranched alkanes of at least 4 members (excludes halogenated alkanes) is 3. The predicted octanol–water partition coefficient (Wildman–Crippen LogP) is 13.1. The molecule has 0 aromatic heterocycles. The molecule has 0 saturated carbocycles. The summed E-state index contributed by atoms with van der Waals surface area (Å²) in [5, 5.41) is 17.9. The van der Waals surface area contributed by atoms with Crippen LogP contribution < -0.4 is 0 Å². The summed E-state index contributed by atoms with van der Waals surface area (Å²) in [4.78, 5) is 0. The van der Waals surface area contributed by atoms with Gasteiger partial charge in [0.25, 0.3) is 0 Å². The lowest BCUT2D eigenvalue weighted by Gasteiger charge is -1.98. The molecule has 0 bridgehead atoms. The Morgan fingerprint density at radius 2 is 0.482 bits per heavy atom. The third-order valence-electron chi connectivity index (χ3n) is 8.97. The molecule has 266 valence electrons. The summed E-state index contributed by atoms with van der Waals surface area (Å²) < 4.78 is 0. The molecule has 6 rings (SSSR count). The minimum absolute atomic E-state index is 0.668. The van der Waals surface area contributed by atoms with Gasteiger partial charge in [0.05, 0.1) is 23.3 Å². The van der Waals surface area contributed by atoms with Crippen LogP contribution in [0.5, 0.6) is 0 Å². The highest BCUT2D eigenvalue weighted by Gasteiger charge is 1.96. The summed E-state index contributed by atoms with van der Waals surface area (Å²) in [6, 6.07) is 53.0. The molecule has 6 aromatic rings. The fraction of sp³-hybridized carbons (Fsp3) is 0.0741. The van der Waals surface area contributed by atoms with Gasteiger partial charge in [0.15, 0.2) is 0 Å². The van der Waals surface area contributed by atoms with Gasteiger partial charge < -0.3 is 0 Å². The Morgan fingerprint density at radius 3 is 0.696 bits per heavy atom. The second-order valence-electron chi connectivity index (χ2n) is 13.2. The zero-order valence-corrected chi connectivity index (χ0v) is 31.2. The van der Waals surface area contributed by atoms with E-state index in [4.69, 9.17) is 10.5 Å². The van der Waals surface area contributed by atoms with Gasteiger partial charge >= 0.3 is 0 Å². The smallest absolute Gasteiger partial charge is 0.0991 e. The van der Waals surface area contributed by atoms with Crippen LogP contribution in [0.1, 0.15) is 92.4 Å². The second-order valence-corrected chi connectivity index (χ2v) is 13.2. The predicted molar refractivity (Wildman–Crippen MR) is 236 cm³/mol. The average molecular weight is 717 g/mol. The van der Waals surface area contributed by atoms with E-state index in [2.05, 4.69) is 181 Å². The first-order valence-electron chi connectivity index (χ1n) is 18.7. The van der Waals surface area contributed by atoms with Crippen LogP contribution in [-0.4, -0.2) is 0 Å². The number of rotatable bonds is 11. The topological polar surface area (TPSA) is 47.6 Å². The van der Waals surface area contributed by atoms with Gasteiger partial charge in [0, 0.05) is 24.0 Å². The summed E-state index contributed by atoms with van der Waals surface area (Å²) in [7, 11) is 0. The monoisotopic (exact) mass is 716 g/mol. The normalized spacial score (nSPS) is 10.9. The van der Waals surface area contributed by atoms with E-state index >= 15 is 0 Å². The molecular weight excluding hydrogens is 677 g/mol. The van der Waals surface area contributed by atoms with Crippen LogP contribution in [0.3, 0.4) is 0 Å². The fourth-order valence-corrected chi connectivity index (χ4v) is 5.65. The van der Waals surface area contributed by atoms with E-state index in [1.54, 1.807) is 0 Å². The molecule has 0 radical (unpaired) electrons. The van der Waals surface area contributed by atoms with E-state index in [9.17, 15) is 0 Å². The van der Waals surface area contributed by atoms with Gasteiger partial charge in [-0.05, 0) is 106 Å². The summed E-state index contributed by atoms with van der Waals surface area (Å²) in [5.74, 6) is 13.2. The maximum Gasteiger partial charge on any atom is 0.0991 e. The quantitative estimate of drug-likeness (QED) is 0.0761. The molecule has 0 aliphatic heterocycles. The summed E-state index contributed by atoms with van der Waals surface area (Å²) >= 11 is 0. The van der Waals surface area contributed by atoms with Crippen molar-refractivity contribution in [2.75, 3.05) is 0 Å². The number of nitriles is 2. The Morgan fingerprint density at radius 1 is 0.286 bits per heavy atom. The first kappa shape index (κ1) is 38.1.